The molecule has 0 aliphatic carbocycles. The first-order chi connectivity index (χ1) is 11.4. The van der Waals surface area contributed by atoms with E-state index in [4.69, 9.17) is 4.74 Å². The van der Waals surface area contributed by atoms with Gasteiger partial charge in [0.2, 0.25) is 0 Å². The maximum absolute atomic E-state index is 12.9. The monoisotopic (exact) mass is 337 g/mol. The van der Waals surface area contributed by atoms with Crippen molar-refractivity contribution in [3.05, 3.63) is 59.7 Å². The van der Waals surface area contributed by atoms with Crippen molar-refractivity contribution in [2.75, 3.05) is 18.6 Å². The highest BCUT2D eigenvalue weighted by molar-refractivity contribution is 5.49. The molecule has 0 radical (unpaired) electrons. The Hall–Kier alpha value is -2.17. The fourth-order valence-electron chi connectivity index (χ4n) is 2.51. The zero-order valence-electron chi connectivity index (χ0n) is 13.9. The van der Waals surface area contributed by atoms with Crippen molar-refractivity contribution in [1.29, 1.82) is 0 Å². The van der Waals surface area contributed by atoms with Crippen LogP contribution in [0, 0.1) is 0 Å². The van der Waals surface area contributed by atoms with Gasteiger partial charge in [0.25, 0.3) is 0 Å². The van der Waals surface area contributed by atoms with E-state index in [9.17, 15) is 13.2 Å². The maximum Gasteiger partial charge on any atom is 0.416 e. The molecule has 0 bridgehead atoms. The summed E-state index contributed by atoms with van der Waals surface area (Å²) in [5.41, 5.74) is 1.02. The minimum atomic E-state index is -4.32. The summed E-state index contributed by atoms with van der Waals surface area (Å²) in [6.45, 7) is 3.33. The number of anilines is 1. The Bertz CT molecular complexity index is 638. The van der Waals surface area contributed by atoms with Crippen molar-refractivity contribution in [3.8, 4) is 5.75 Å². The summed E-state index contributed by atoms with van der Waals surface area (Å²) in [7, 11) is 1.60. The Morgan fingerprint density at radius 2 is 1.75 bits per heavy atom. The van der Waals surface area contributed by atoms with Crippen LogP contribution in [0.1, 0.15) is 30.9 Å². The molecule has 2 aromatic rings. The lowest BCUT2D eigenvalue weighted by molar-refractivity contribution is -0.137. The van der Waals surface area contributed by atoms with E-state index in [-0.39, 0.29) is 0 Å². The first-order valence-electron chi connectivity index (χ1n) is 7.99. The van der Waals surface area contributed by atoms with Gasteiger partial charge in [-0.1, -0.05) is 25.5 Å². The molecule has 24 heavy (non-hydrogen) atoms. The van der Waals surface area contributed by atoms with Crippen LogP contribution in [-0.2, 0) is 12.7 Å². The fourth-order valence-corrected chi connectivity index (χ4v) is 2.51. The van der Waals surface area contributed by atoms with E-state index in [1.54, 1.807) is 13.2 Å². The van der Waals surface area contributed by atoms with Gasteiger partial charge in [-0.2, -0.15) is 13.2 Å². The summed E-state index contributed by atoms with van der Waals surface area (Å²) < 4.78 is 43.8. The highest BCUT2D eigenvalue weighted by atomic mass is 19.4. The molecule has 2 rings (SSSR count). The molecular formula is C19H22F3NO. The van der Waals surface area contributed by atoms with Gasteiger partial charge < -0.3 is 9.64 Å². The molecule has 2 nitrogen and oxygen atoms in total. The second-order valence-corrected chi connectivity index (χ2v) is 5.67. The third-order valence-corrected chi connectivity index (χ3v) is 3.85. The van der Waals surface area contributed by atoms with Crippen LogP contribution in [0.4, 0.5) is 18.9 Å². The molecule has 0 atom stereocenters. The number of unbranched alkanes of at least 4 members (excludes halogenated alkanes) is 1. The van der Waals surface area contributed by atoms with Crippen molar-refractivity contribution in [1.82, 2.24) is 0 Å². The van der Waals surface area contributed by atoms with Crippen LogP contribution in [-0.4, -0.2) is 13.7 Å². The van der Waals surface area contributed by atoms with Crippen molar-refractivity contribution in [2.24, 2.45) is 0 Å². The fraction of sp³-hybridized carbons (Fsp3) is 0.368. The summed E-state index contributed by atoms with van der Waals surface area (Å²) in [5, 5.41) is 0. The summed E-state index contributed by atoms with van der Waals surface area (Å²) in [6, 6.07) is 13.1. The third-order valence-electron chi connectivity index (χ3n) is 3.85. The number of hydrogen-bond acceptors (Lipinski definition) is 2. The van der Waals surface area contributed by atoms with Crippen molar-refractivity contribution in [2.45, 2.75) is 32.5 Å². The van der Waals surface area contributed by atoms with Crippen LogP contribution >= 0.6 is 0 Å². The summed E-state index contributed by atoms with van der Waals surface area (Å²) in [6.07, 6.45) is -2.31. The van der Waals surface area contributed by atoms with Crippen molar-refractivity contribution in [3.63, 3.8) is 0 Å². The van der Waals surface area contributed by atoms with Gasteiger partial charge in [-0.05, 0) is 48.4 Å². The average molecular weight is 337 g/mol. The lowest BCUT2D eigenvalue weighted by Gasteiger charge is -2.25. The first kappa shape index (κ1) is 18.2. The number of benzene rings is 2. The third kappa shape index (κ3) is 4.91. The van der Waals surface area contributed by atoms with Gasteiger partial charge >= 0.3 is 6.18 Å². The molecule has 2 aromatic carbocycles. The van der Waals surface area contributed by atoms with Crippen molar-refractivity contribution < 1.29 is 17.9 Å². The van der Waals surface area contributed by atoms with E-state index in [0.29, 0.717) is 12.1 Å². The van der Waals surface area contributed by atoms with E-state index in [1.807, 2.05) is 24.3 Å². The number of methoxy groups -OCH3 is 1. The van der Waals surface area contributed by atoms with Gasteiger partial charge in [0, 0.05) is 18.8 Å². The predicted octanol–water partition coefficient (Wildman–Crippen LogP) is 5.52. The second kappa shape index (κ2) is 8.08. The number of nitrogens with zero attached hydrogens (tertiary/aromatic N) is 1. The Morgan fingerprint density at radius 3 is 2.33 bits per heavy atom. The van der Waals surface area contributed by atoms with E-state index < -0.39 is 11.7 Å². The highest BCUT2D eigenvalue weighted by Gasteiger charge is 2.30. The molecule has 130 valence electrons. The SMILES string of the molecule is CCCCN(Cc1cccc(C(F)(F)F)c1)c1ccc(OC)cc1. The van der Waals surface area contributed by atoms with Crippen LogP contribution in [0.25, 0.3) is 0 Å². The van der Waals surface area contributed by atoms with E-state index in [2.05, 4.69) is 11.8 Å². The molecule has 5 heteroatoms. The lowest BCUT2D eigenvalue weighted by atomic mass is 10.1. The number of ether oxygens (including phenoxy) is 1. The summed E-state index contributed by atoms with van der Waals surface area (Å²) in [4.78, 5) is 2.10. The van der Waals surface area contributed by atoms with Crippen LogP contribution in [0.15, 0.2) is 48.5 Å². The van der Waals surface area contributed by atoms with E-state index in [0.717, 1.165) is 36.9 Å². The zero-order valence-corrected chi connectivity index (χ0v) is 13.9. The number of hydrogen-bond donors (Lipinski definition) is 0. The van der Waals surface area contributed by atoms with Gasteiger partial charge in [-0.3, -0.25) is 0 Å². The number of alkyl halides is 3. The minimum Gasteiger partial charge on any atom is -0.497 e. The molecule has 0 aliphatic heterocycles. The second-order valence-electron chi connectivity index (χ2n) is 5.67. The predicted molar refractivity (Wildman–Crippen MR) is 90.4 cm³/mol. The molecule has 0 fully saturated rings. The Morgan fingerprint density at radius 1 is 1.04 bits per heavy atom. The molecule has 0 spiro atoms. The molecule has 0 aromatic heterocycles. The van der Waals surface area contributed by atoms with Crippen LogP contribution in [0.2, 0.25) is 0 Å². The molecule has 0 N–H and O–H groups in total. The normalized spacial score (nSPS) is 11.4. The molecular weight excluding hydrogens is 315 g/mol. The quantitative estimate of drug-likeness (QED) is 0.659. The van der Waals surface area contributed by atoms with Gasteiger partial charge in [-0.15, -0.1) is 0 Å². The number of halogens is 3. The Balaban J connectivity index is 2.22. The molecule has 0 unspecified atom stereocenters. The average Bonchev–Trinajstić information content (AvgIpc) is 2.58. The topological polar surface area (TPSA) is 12.5 Å². The first-order valence-corrected chi connectivity index (χ1v) is 7.99. The molecule has 0 aliphatic rings. The lowest BCUT2D eigenvalue weighted by Crippen LogP contribution is -2.24. The number of rotatable bonds is 7. The largest absolute Gasteiger partial charge is 0.497 e. The zero-order chi connectivity index (χ0) is 17.6. The van der Waals surface area contributed by atoms with Gasteiger partial charge in [0.15, 0.2) is 0 Å². The summed E-state index contributed by atoms with van der Waals surface area (Å²) in [5.74, 6) is 0.758. The molecule has 0 saturated heterocycles. The van der Waals surface area contributed by atoms with Crippen LogP contribution in [0.3, 0.4) is 0 Å². The van der Waals surface area contributed by atoms with Gasteiger partial charge in [-0.25, -0.2) is 0 Å². The minimum absolute atomic E-state index is 0.441. The Labute approximate surface area is 140 Å². The smallest absolute Gasteiger partial charge is 0.416 e. The van der Waals surface area contributed by atoms with Crippen LogP contribution < -0.4 is 9.64 Å². The maximum atomic E-state index is 12.9. The molecule has 0 heterocycles. The molecule has 0 amide bonds. The summed E-state index contributed by atoms with van der Waals surface area (Å²) >= 11 is 0. The molecule has 0 saturated carbocycles. The van der Waals surface area contributed by atoms with E-state index >= 15 is 0 Å². The van der Waals surface area contributed by atoms with Crippen molar-refractivity contribution >= 4 is 5.69 Å². The van der Waals surface area contributed by atoms with Gasteiger partial charge in [0.05, 0.1) is 12.7 Å². The Kier molecular flexibility index (Phi) is 6.12. The standard InChI is InChI=1S/C19H22F3NO/c1-3-4-12-23(17-8-10-18(24-2)11-9-17)14-15-6-5-7-16(13-15)19(20,21)22/h5-11,13H,3-4,12,14H2,1-2H3. The highest BCUT2D eigenvalue weighted by Crippen LogP contribution is 2.30. The van der Waals surface area contributed by atoms with Gasteiger partial charge in [0.1, 0.15) is 5.75 Å². The van der Waals surface area contributed by atoms with Crippen LogP contribution in [0.5, 0.6) is 5.75 Å². The van der Waals surface area contributed by atoms with E-state index in [1.165, 1.54) is 12.1 Å².